The molecule has 11 heteroatoms. The predicted molar refractivity (Wildman–Crippen MR) is 54.4 cm³/mol. The van der Waals surface area contributed by atoms with Gasteiger partial charge in [0.25, 0.3) is 11.9 Å². The summed E-state index contributed by atoms with van der Waals surface area (Å²) in [6.07, 6.45) is 1.21. The van der Waals surface area contributed by atoms with Gasteiger partial charge in [-0.05, 0) is 5.21 Å². The maximum absolute atomic E-state index is 11.6. The lowest BCUT2D eigenvalue weighted by atomic mass is 10.4. The molecule has 0 radical (unpaired) electrons. The van der Waals surface area contributed by atoms with Crippen molar-refractivity contribution in [1.29, 1.82) is 0 Å². The molecule has 2 aromatic rings. The lowest BCUT2D eigenvalue weighted by Gasteiger charge is -1.94. The number of nitrogens with zero attached hydrogens (tertiary/aromatic N) is 7. The summed E-state index contributed by atoms with van der Waals surface area (Å²) in [5.41, 5.74) is -0.0382. The number of carboxylic acid groups (broad SMARTS) is 1. The smallest absolute Gasteiger partial charge is 0.325 e. The number of rotatable bonds is 4. The number of tetrazole rings is 1. The van der Waals surface area contributed by atoms with Crippen LogP contribution in [0.4, 0.5) is 5.95 Å². The van der Waals surface area contributed by atoms with Gasteiger partial charge in [-0.3, -0.25) is 14.9 Å². The Morgan fingerprint density at radius 3 is 2.78 bits per heavy atom. The van der Waals surface area contributed by atoms with E-state index in [1.165, 1.54) is 11.0 Å². The summed E-state index contributed by atoms with van der Waals surface area (Å²) < 4.78 is 1.03. The predicted octanol–water partition coefficient (Wildman–Crippen LogP) is -1.86. The van der Waals surface area contributed by atoms with Gasteiger partial charge in [-0.1, -0.05) is 10.3 Å². The molecule has 1 amide bonds. The molecule has 0 saturated carbocycles. The van der Waals surface area contributed by atoms with E-state index in [0.717, 1.165) is 4.68 Å². The molecule has 2 rings (SSSR count). The zero-order valence-corrected chi connectivity index (χ0v) is 9.18. The van der Waals surface area contributed by atoms with Crippen molar-refractivity contribution < 1.29 is 14.7 Å². The van der Waals surface area contributed by atoms with Crippen LogP contribution in [0.2, 0.25) is 0 Å². The molecule has 0 spiro atoms. The van der Waals surface area contributed by atoms with Crippen molar-refractivity contribution >= 4 is 17.8 Å². The zero-order valence-electron chi connectivity index (χ0n) is 9.18. The molecule has 2 N–H and O–H groups in total. The minimum Gasteiger partial charge on any atom is -0.480 e. The largest absolute Gasteiger partial charge is 0.480 e. The average Bonchev–Trinajstić information content (AvgIpc) is 2.87. The first-order valence-corrected chi connectivity index (χ1v) is 4.72. The molecule has 0 aliphatic rings. The highest BCUT2D eigenvalue weighted by atomic mass is 16.4. The van der Waals surface area contributed by atoms with E-state index < -0.39 is 11.9 Å². The van der Waals surface area contributed by atoms with E-state index in [4.69, 9.17) is 5.11 Å². The van der Waals surface area contributed by atoms with Gasteiger partial charge in [-0.15, -0.1) is 10.2 Å². The number of carbonyl (C=O) groups excluding carboxylic acids is 1. The van der Waals surface area contributed by atoms with Crippen LogP contribution >= 0.6 is 0 Å². The fourth-order valence-corrected chi connectivity index (χ4v) is 1.12. The summed E-state index contributed by atoms with van der Waals surface area (Å²) in [7, 11) is 1.55. The van der Waals surface area contributed by atoms with Crippen molar-refractivity contribution in [2.45, 2.75) is 6.54 Å². The fourth-order valence-electron chi connectivity index (χ4n) is 1.12. The summed E-state index contributed by atoms with van der Waals surface area (Å²) in [5.74, 6) is -1.66. The number of aliphatic carboxylic acids is 1. The van der Waals surface area contributed by atoms with E-state index in [1.54, 1.807) is 7.05 Å². The van der Waals surface area contributed by atoms with Gasteiger partial charge in [0.1, 0.15) is 6.54 Å². The van der Waals surface area contributed by atoms with Crippen LogP contribution in [0.25, 0.3) is 0 Å². The van der Waals surface area contributed by atoms with Crippen molar-refractivity contribution in [3.63, 3.8) is 0 Å². The number of nitrogens with one attached hydrogen (secondary N) is 1. The second-order valence-corrected chi connectivity index (χ2v) is 3.25. The summed E-state index contributed by atoms with van der Waals surface area (Å²) in [6, 6.07) is 0. The average molecular weight is 252 g/mol. The number of hydrogen-bond donors (Lipinski definition) is 2. The number of amides is 1. The van der Waals surface area contributed by atoms with Crippen LogP contribution in [0.5, 0.6) is 0 Å². The minimum absolute atomic E-state index is 0.0234. The van der Waals surface area contributed by atoms with Crippen LogP contribution in [0, 0.1) is 0 Å². The molecule has 2 aromatic heterocycles. The highest BCUT2D eigenvalue weighted by molar-refractivity contribution is 6.01. The summed E-state index contributed by atoms with van der Waals surface area (Å²) >= 11 is 0. The van der Waals surface area contributed by atoms with Crippen molar-refractivity contribution in [3.8, 4) is 0 Å². The van der Waals surface area contributed by atoms with Crippen LogP contribution in [-0.4, -0.2) is 52.2 Å². The van der Waals surface area contributed by atoms with Gasteiger partial charge in [0.05, 0.1) is 13.2 Å². The Hall–Kier alpha value is -2.85. The number of anilines is 1. The molecule has 0 aliphatic carbocycles. The molecule has 0 unspecified atom stereocenters. The Kier molecular flexibility index (Phi) is 2.95. The molecule has 2 heterocycles. The van der Waals surface area contributed by atoms with Gasteiger partial charge in [0.15, 0.2) is 5.69 Å². The quantitative estimate of drug-likeness (QED) is 0.645. The molecule has 0 saturated heterocycles. The molecular formula is C7H8N8O3. The van der Waals surface area contributed by atoms with Gasteiger partial charge < -0.3 is 5.11 Å². The Labute approximate surface area is 99.4 Å². The van der Waals surface area contributed by atoms with Crippen molar-refractivity contribution in [2.24, 2.45) is 7.05 Å². The molecule has 0 aromatic carbocycles. The fraction of sp³-hybridized carbons (Fsp3) is 0.286. The van der Waals surface area contributed by atoms with Crippen LogP contribution in [0.3, 0.4) is 0 Å². The third-order valence-corrected chi connectivity index (χ3v) is 1.80. The van der Waals surface area contributed by atoms with E-state index in [-0.39, 0.29) is 18.2 Å². The van der Waals surface area contributed by atoms with Crippen molar-refractivity contribution in [1.82, 2.24) is 35.2 Å². The van der Waals surface area contributed by atoms with Gasteiger partial charge >= 0.3 is 5.97 Å². The maximum atomic E-state index is 11.6. The van der Waals surface area contributed by atoms with Gasteiger partial charge in [0.2, 0.25) is 0 Å². The molecule has 94 valence electrons. The first kappa shape index (κ1) is 11.6. The van der Waals surface area contributed by atoms with Crippen LogP contribution in [-0.2, 0) is 18.4 Å². The second-order valence-electron chi connectivity index (χ2n) is 3.25. The number of hydrogen-bond acceptors (Lipinski definition) is 7. The second kappa shape index (κ2) is 4.57. The molecule has 18 heavy (non-hydrogen) atoms. The molecule has 0 fully saturated rings. The first-order valence-electron chi connectivity index (χ1n) is 4.72. The van der Waals surface area contributed by atoms with Gasteiger partial charge in [-0.25, -0.2) is 4.68 Å². The number of carbonyl (C=O) groups is 2. The normalized spacial score (nSPS) is 10.3. The Balaban J connectivity index is 2.05. The topological polar surface area (TPSA) is 141 Å². The number of aryl methyl sites for hydroxylation is 1. The Morgan fingerprint density at radius 1 is 1.39 bits per heavy atom. The first-order chi connectivity index (χ1) is 8.54. The Morgan fingerprint density at radius 2 is 2.17 bits per heavy atom. The lowest BCUT2D eigenvalue weighted by molar-refractivity contribution is -0.137. The Bertz CT molecular complexity index is 587. The van der Waals surface area contributed by atoms with Crippen molar-refractivity contribution in [3.05, 3.63) is 11.9 Å². The van der Waals surface area contributed by atoms with Crippen LogP contribution in [0.1, 0.15) is 10.5 Å². The third-order valence-electron chi connectivity index (χ3n) is 1.80. The third kappa shape index (κ3) is 2.63. The van der Waals surface area contributed by atoms with Gasteiger partial charge in [-0.2, -0.15) is 4.80 Å². The molecule has 11 nitrogen and oxygen atoms in total. The van der Waals surface area contributed by atoms with Crippen LogP contribution < -0.4 is 5.32 Å². The zero-order chi connectivity index (χ0) is 13.1. The number of aromatic nitrogens is 7. The van der Waals surface area contributed by atoms with E-state index >= 15 is 0 Å². The summed E-state index contributed by atoms with van der Waals surface area (Å²) in [4.78, 5) is 23.2. The van der Waals surface area contributed by atoms with E-state index in [0.29, 0.717) is 0 Å². The lowest BCUT2D eigenvalue weighted by Crippen LogP contribution is -2.14. The summed E-state index contributed by atoms with van der Waals surface area (Å²) in [5, 5.41) is 28.7. The molecule has 0 atom stereocenters. The minimum atomic E-state index is -1.08. The standard InChI is InChI=1S/C7H8N8O3/c1-14-11-7(10-12-14)8-6(18)4-2-15(13-9-4)3-5(16)17/h2H,3H2,1H3,(H,16,17)(H,8,11,18). The maximum Gasteiger partial charge on any atom is 0.325 e. The highest BCUT2D eigenvalue weighted by Crippen LogP contribution is 1.99. The van der Waals surface area contributed by atoms with Crippen molar-refractivity contribution in [2.75, 3.05) is 5.32 Å². The monoisotopic (exact) mass is 252 g/mol. The SMILES string of the molecule is Cn1nnc(NC(=O)c2cn(CC(=O)O)nn2)n1. The molecular weight excluding hydrogens is 244 g/mol. The van der Waals surface area contributed by atoms with E-state index in [2.05, 4.69) is 31.0 Å². The van der Waals surface area contributed by atoms with E-state index in [9.17, 15) is 9.59 Å². The van der Waals surface area contributed by atoms with Gasteiger partial charge in [0, 0.05) is 0 Å². The number of carboxylic acids is 1. The molecule has 0 bridgehead atoms. The molecule has 0 aliphatic heterocycles. The van der Waals surface area contributed by atoms with E-state index in [1.807, 2.05) is 0 Å². The summed E-state index contributed by atoms with van der Waals surface area (Å²) in [6.45, 7) is -0.371. The highest BCUT2D eigenvalue weighted by Gasteiger charge is 2.14. The van der Waals surface area contributed by atoms with Crippen LogP contribution in [0.15, 0.2) is 6.20 Å².